The Morgan fingerprint density at radius 1 is 1.03 bits per heavy atom. The summed E-state index contributed by atoms with van der Waals surface area (Å²) in [6.07, 6.45) is 14.0. The summed E-state index contributed by atoms with van der Waals surface area (Å²) in [6.45, 7) is 1.07. The number of nitrogens with zero attached hydrogens (tertiary/aromatic N) is 4. The highest BCUT2D eigenvalue weighted by Gasteiger charge is 2.23. The standard InChI is InChI=1S/C21H35N7O/c22-15-8-10-16(11-9-15)25-21-26-19(23-12-4-1-5-13-29)18-20(27-21)28(14-24-18)17-6-2-3-7-17/h14-17,29H,1-13,22H2,(H2,23,25,26,27)/t15-,16-. The second kappa shape index (κ2) is 9.71. The molecule has 4 rings (SSSR count). The number of hydrogen-bond donors (Lipinski definition) is 4. The van der Waals surface area contributed by atoms with Crippen LogP contribution in [0.2, 0.25) is 0 Å². The van der Waals surface area contributed by atoms with Crippen LogP contribution in [0.4, 0.5) is 11.8 Å². The van der Waals surface area contributed by atoms with E-state index in [1.54, 1.807) is 0 Å². The van der Waals surface area contributed by atoms with Gasteiger partial charge in [0.15, 0.2) is 17.0 Å². The first-order chi connectivity index (χ1) is 14.2. The molecule has 2 fully saturated rings. The molecule has 8 heteroatoms. The number of aromatic nitrogens is 4. The van der Waals surface area contributed by atoms with Crippen LogP contribution in [0.5, 0.6) is 0 Å². The molecule has 160 valence electrons. The Morgan fingerprint density at radius 3 is 2.59 bits per heavy atom. The summed E-state index contributed by atoms with van der Waals surface area (Å²) in [5, 5.41) is 16.0. The molecule has 0 atom stereocenters. The van der Waals surface area contributed by atoms with Gasteiger partial charge in [-0.1, -0.05) is 12.8 Å². The minimum absolute atomic E-state index is 0.253. The Bertz CT molecular complexity index is 779. The Labute approximate surface area is 172 Å². The van der Waals surface area contributed by atoms with Crippen LogP contribution in [-0.4, -0.2) is 49.9 Å². The summed E-state index contributed by atoms with van der Waals surface area (Å²) in [5.41, 5.74) is 7.84. The number of rotatable bonds is 9. The fraction of sp³-hybridized carbons (Fsp3) is 0.762. The van der Waals surface area contributed by atoms with E-state index in [1.807, 2.05) is 6.33 Å². The first-order valence-corrected chi connectivity index (χ1v) is 11.4. The van der Waals surface area contributed by atoms with Gasteiger partial charge in [-0.15, -0.1) is 0 Å². The second-order valence-corrected chi connectivity index (χ2v) is 8.63. The summed E-state index contributed by atoms with van der Waals surface area (Å²) >= 11 is 0. The van der Waals surface area contributed by atoms with Crippen molar-refractivity contribution in [2.75, 3.05) is 23.8 Å². The zero-order chi connectivity index (χ0) is 20.1. The quantitative estimate of drug-likeness (QED) is 0.477. The lowest BCUT2D eigenvalue weighted by Gasteiger charge is -2.27. The monoisotopic (exact) mass is 401 g/mol. The van der Waals surface area contributed by atoms with Gasteiger partial charge in [0.1, 0.15) is 0 Å². The number of anilines is 2. The molecule has 0 saturated heterocycles. The van der Waals surface area contributed by atoms with Gasteiger partial charge in [-0.25, -0.2) is 4.98 Å². The smallest absolute Gasteiger partial charge is 0.227 e. The molecule has 0 aromatic carbocycles. The van der Waals surface area contributed by atoms with Gasteiger partial charge in [0.2, 0.25) is 5.95 Å². The molecule has 2 saturated carbocycles. The summed E-state index contributed by atoms with van der Waals surface area (Å²) in [7, 11) is 0. The van der Waals surface area contributed by atoms with E-state index in [0.717, 1.165) is 68.5 Å². The predicted molar refractivity (Wildman–Crippen MR) is 116 cm³/mol. The summed E-state index contributed by atoms with van der Waals surface area (Å²) < 4.78 is 2.25. The molecule has 2 heterocycles. The number of unbranched alkanes of at least 4 members (excludes halogenated alkanes) is 2. The van der Waals surface area contributed by atoms with E-state index in [0.29, 0.717) is 24.1 Å². The van der Waals surface area contributed by atoms with E-state index in [2.05, 4.69) is 20.2 Å². The van der Waals surface area contributed by atoms with Crippen LogP contribution in [0, 0.1) is 0 Å². The largest absolute Gasteiger partial charge is 0.396 e. The van der Waals surface area contributed by atoms with E-state index in [1.165, 1.54) is 25.7 Å². The first kappa shape index (κ1) is 20.3. The molecule has 29 heavy (non-hydrogen) atoms. The van der Waals surface area contributed by atoms with Crippen LogP contribution in [0.3, 0.4) is 0 Å². The van der Waals surface area contributed by atoms with Crippen LogP contribution < -0.4 is 16.4 Å². The van der Waals surface area contributed by atoms with Crippen LogP contribution in [0.25, 0.3) is 11.2 Å². The second-order valence-electron chi connectivity index (χ2n) is 8.63. The SMILES string of the molecule is N[C@H]1CC[C@H](Nc2nc(NCCCCCO)c3ncn(C4CCCC4)c3n2)CC1. The topological polar surface area (TPSA) is 114 Å². The highest BCUT2D eigenvalue weighted by atomic mass is 16.2. The molecule has 5 N–H and O–H groups in total. The third-order valence-corrected chi connectivity index (χ3v) is 6.37. The normalized spacial score (nSPS) is 23.0. The maximum atomic E-state index is 8.97. The van der Waals surface area contributed by atoms with E-state index in [4.69, 9.17) is 20.8 Å². The summed E-state index contributed by atoms with van der Waals surface area (Å²) in [6, 6.07) is 1.21. The molecule has 0 spiro atoms. The van der Waals surface area contributed by atoms with Gasteiger partial charge >= 0.3 is 0 Å². The third-order valence-electron chi connectivity index (χ3n) is 6.37. The van der Waals surface area contributed by atoms with E-state index in [9.17, 15) is 0 Å². The van der Waals surface area contributed by atoms with Crippen molar-refractivity contribution in [2.24, 2.45) is 5.73 Å². The highest BCUT2D eigenvalue weighted by Crippen LogP contribution is 2.33. The summed E-state index contributed by atoms with van der Waals surface area (Å²) in [4.78, 5) is 14.3. The Kier molecular flexibility index (Phi) is 6.82. The van der Waals surface area contributed by atoms with Crippen molar-refractivity contribution in [2.45, 2.75) is 88.8 Å². The van der Waals surface area contributed by atoms with Gasteiger partial charge in [0.05, 0.1) is 6.33 Å². The molecule has 0 radical (unpaired) electrons. The van der Waals surface area contributed by atoms with Crippen LogP contribution in [0.15, 0.2) is 6.33 Å². The third kappa shape index (κ3) is 4.98. The highest BCUT2D eigenvalue weighted by molar-refractivity contribution is 5.84. The van der Waals surface area contributed by atoms with Gasteiger partial charge in [-0.2, -0.15) is 9.97 Å². The molecule has 2 aromatic heterocycles. The maximum absolute atomic E-state index is 8.97. The minimum Gasteiger partial charge on any atom is -0.396 e. The fourth-order valence-corrected chi connectivity index (χ4v) is 4.62. The van der Waals surface area contributed by atoms with Crippen LogP contribution >= 0.6 is 0 Å². The van der Waals surface area contributed by atoms with Crippen molar-refractivity contribution in [1.29, 1.82) is 0 Å². The molecule has 2 aromatic rings. The molecule has 0 bridgehead atoms. The number of nitrogens with two attached hydrogens (primary N) is 1. The molecule has 2 aliphatic rings. The predicted octanol–water partition coefficient (Wildman–Crippen LogP) is 3.20. The van der Waals surface area contributed by atoms with E-state index >= 15 is 0 Å². The van der Waals surface area contributed by atoms with Gasteiger partial charge < -0.3 is 26.0 Å². The van der Waals surface area contributed by atoms with Crippen molar-refractivity contribution >= 4 is 22.9 Å². The van der Waals surface area contributed by atoms with Gasteiger partial charge in [0.25, 0.3) is 0 Å². The zero-order valence-corrected chi connectivity index (χ0v) is 17.3. The number of imidazole rings is 1. The number of nitrogens with one attached hydrogen (secondary N) is 2. The lowest BCUT2D eigenvalue weighted by molar-refractivity contribution is 0.283. The lowest BCUT2D eigenvalue weighted by atomic mass is 9.92. The average Bonchev–Trinajstić information content (AvgIpc) is 3.39. The molecule has 8 nitrogen and oxygen atoms in total. The van der Waals surface area contributed by atoms with Crippen LogP contribution in [-0.2, 0) is 0 Å². The van der Waals surface area contributed by atoms with Crippen LogP contribution in [0.1, 0.15) is 76.7 Å². The number of hydrogen-bond acceptors (Lipinski definition) is 7. The van der Waals surface area contributed by atoms with Crippen molar-refractivity contribution < 1.29 is 5.11 Å². The van der Waals surface area contributed by atoms with Gasteiger partial charge in [-0.05, 0) is 57.8 Å². The fourth-order valence-electron chi connectivity index (χ4n) is 4.62. The molecule has 0 aliphatic heterocycles. The molecule has 0 unspecified atom stereocenters. The Morgan fingerprint density at radius 2 is 1.83 bits per heavy atom. The van der Waals surface area contributed by atoms with Gasteiger partial charge in [0, 0.05) is 31.3 Å². The zero-order valence-electron chi connectivity index (χ0n) is 17.3. The number of aliphatic hydroxyl groups excluding tert-OH is 1. The average molecular weight is 402 g/mol. The lowest BCUT2D eigenvalue weighted by Crippen LogP contribution is -2.33. The maximum Gasteiger partial charge on any atom is 0.227 e. The van der Waals surface area contributed by atoms with E-state index in [-0.39, 0.29) is 6.61 Å². The number of fused-ring (bicyclic) bond motifs is 1. The van der Waals surface area contributed by atoms with E-state index < -0.39 is 0 Å². The van der Waals surface area contributed by atoms with Crippen molar-refractivity contribution in [3.63, 3.8) is 0 Å². The molecular weight excluding hydrogens is 366 g/mol. The minimum atomic E-state index is 0.253. The summed E-state index contributed by atoms with van der Waals surface area (Å²) in [5.74, 6) is 1.50. The van der Waals surface area contributed by atoms with Crippen molar-refractivity contribution in [3.05, 3.63) is 6.33 Å². The van der Waals surface area contributed by atoms with Crippen molar-refractivity contribution in [1.82, 2.24) is 19.5 Å². The van der Waals surface area contributed by atoms with Gasteiger partial charge in [-0.3, -0.25) is 0 Å². The Hall–Kier alpha value is -1.93. The molecule has 0 amide bonds. The first-order valence-electron chi connectivity index (χ1n) is 11.4. The number of aliphatic hydroxyl groups is 1. The van der Waals surface area contributed by atoms with Crippen molar-refractivity contribution in [3.8, 4) is 0 Å². The molecular formula is C21H35N7O. The molecule has 2 aliphatic carbocycles. The Balaban J connectivity index is 1.55.